The maximum Gasteiger partial charge on any atom is 0.317 e. The first-order valence-electron chi connectivity index (χ1n) is 4.85. The van der Waals surface area contributed by atoms with E-state index in [0.717, 1.165) is 6.42 Å². The van der Waals surface area contributed by atoms with Crippen molar-refractivity contribution in [1.29, 1.82) is 0 Å². The summed E-state index contributed by atoms with van der Waals surface area (Å²) in [5.41, 5.74) is 0. The zero-order valence-corrected chi connectivity index (χ0v) is 8.32. The smallest absolute Gasteiger partial charge is 0.317 e. The molecule has 1 aliphatic heterocycles. The van der Waals surface area contributed by atoms with E-state index in [9.17, 15) is 9.59 Å². The van der Waals surface area contributed by atoms with Crippen molar-refractivity contribution in [3.63, 3.8) is 0 Å². The minimum atomic E-state index is -0.823. The summed E-state index contributed by atoms with van der Waals surface area (Å²) in [5.74, 6) is -0.752. The summed E-state index contributed by atoms with van der Waals surface area (Å²) in [4.78, 5) is 23.2. The second-order valence-corrected chi connectivity index (χ2v) is 3.52. The van der Waals surface area contributed by atoms with E-state index in [4.69, 9.17) is 5.11 Å². The van der Waals surface area contributed by atoms with Crippen LogP contribution in [0.5, 0.6) is 0 Å². The maximum absolute atomic E-state index is 10.9. The number of amides is 1. The third-order valence-electron chi connectivity index (χ3n) is 2.37. The van der Waals surface area contributed by atoms with Crippen LogP contribution in [0.1, 0.15) is 19.8 Å². The fourth-order valence-corrected chi connectivity index (χ4v) is 1.62. The number of carboxylic acid groups (broad SMARTS) is 1. The molecule has 1 saturated heterocycles. The molecule has 1 aliphatic rings. The average molecular weight is 200 g/mol. The summed E-state index contributed by atoms with van der Waals surface area (Å²) in [7, 11) is 0. The van der Waals surface area contributed by atoms with Gasteiger partial charge in [-0.15, -0.1) is 0 Å². The standard InChI is InChI=1S/C9H16N2O3/c1-2-11(6-9(13)14)5-7-3-4-8(12)10-7/h7H,2-6H2,1H3,(H,10,12)(H,13,14). The lowest BCUT2D eigenvalue weighted by Crippen LogP contribution is -2.40. The Hall–Kier alpha value is -1.10. The molecular formula is C9H16N2O3. The molecule has 0 aromatic carbocycles. The zero-order chi connectivity index (χ0) is 10.6. The summed E-state index contributed by atoms with van der Waals surface area (Å²) < 4.78 is 0. The SMILES string of the molecule is CCN(CC(=O)O)CC1CCC(=O)N1. The van der Waals surface area contributed by atoms with Gasteiger partial charge in [0.15, 0.2) is 0 Å². The number of nitrogens with one attached hydrogen (secondary N) is 1. The van der Waals surface area contributed by atoms with Crippen molar-refractivity contribution in [3.05, 3.63) is 0 Å². The first-order valence-corrected chi connectivity index (χ1v) is 4.85. The molecule has 1 unspecified atom stereocenters. The minimum Gasteiger partial charge on any atom is -0.480 e. The van der Waals surface area contributed by atoms with Gasteiger partial charge < -0.3 is 10.4 Å². The molecule has 0 aromatic rings. The number of likely N-dealkylation sites (N-methyl/N-ethyl adjacent to an activating group) is 1. The van der Waals surface area contributed by atoms with Crippen LogP contribution in [0.25, 0.3) is 0 Å². The Morgan fingerprint density at radius 1 is 1.71 bits per heavy atom. The number of aliphatic carboxylic acids is 1. The second kappa shape index (κ2) is 4.95. The second-order valence-electron chi connectivity index (χ2n) is 3.52. The summed E-state index contributed by atoms with van der Waals surface area (Å²) >= 11 is 0. The molecule has 1 atom stereocenters. The van der Waals surface area contributed by atoms with Crippen molar-refractivity contribution in [1.82, 2.24) is 10.2 Å². The van der Waals surface area contributed by atoms with Gasteiger partial charge >= 0.3 is 5.97 Å². The van der Waals surface area contributed by atoms with Crippen LogP contribution in [0.3, 0.4) is 0 Å². The van der Waals surface area contributed by atoms with Crippen molar-refractivity contribution in [3.8, 4) is 0 Å². The molecular weight excluding hydrogens is 184 g/mol. The van der Waals surface area contributed by atoms with Gasteiger partial charge in [-0.05, 0) is 13.0 Å². The van der Waals surface area contributed by atoms with E-state index < -0.39 is 5.97 Å². The number of hydrogen-bond donors (Lipinski definition) is 2. The highest BCUT2D eigenvalue weighted by molar-refractivity contribution is 5.78. The minimum absolute atomic E-state index is 0.0445. The Morgan fingerprint density at radius 3 is 2.86 bits per heavy atom. The van der Waals surface area contributed by atoms with E-state index >= 15 is 0 Å². The Balaban J connectivity index is 2.32. The molecule has 0 spiro atoms. The van der Waals surface area contributed by atoms with Gasteiger partial charge in [-0.1, -0.05) is 6.92 Å². The van der Waals surface area contributed by atoms with Crippen LogP contribution in [0.4, 0.5) is 0 Å². The number of carboxylic acids is 1. The zero-order valence-electron chi connectivity index (χ0n) is 8.32. The van der Waals surface area contributed by atoms with Crippen molar-refractivity contribution < 1.29 is 14.7 Å². The maximum atomic E-state index is 10.9. The predicted molar refractivity (Wildman–Crippen MR) is 50.9 cm³/mol. The molecule has 0 aromatic heterocycles. The first-order chi connectivity index (χ1) is 6.61. The molecule has 0 saturated carbocycles. The number of hydrogen-bond acceptors (Lipinski definition) is 3. The lowest BCUT2D eigenvalue weighted by atomic mass is 10.2. The van der Waals surface area contributed by atoms with Crippen molar-refractivity contribution in [2.24, 2.45) is 0 Å². The highest BCUT2D eigenvalue weighted by Gasteiger charge is 2.23. The van der Waals surface area contributed by atoms with Crippen LogP contribution in [0.2, 0.25) is 0 Å². The molecule has 0 bridgehead atoms. The number of rotatable bonds is 5. The molecule has 0 radical (unpaired) electrons. The molecule has 5 heteroatoms. The first kappa shape index (κ1) is 11.0. The van der Waals surface area contributed by atoms with Gasteiger partial charge in [-0.3, -0.25) is 14.5 Å². The van der Waals surface area contributed by atoms with Crippen molar-refractivity contribution >= 4 is 11.9 Å². The van der Waals surface area contributed by atoms with Gasteiger partial charge in [0.2, 0.25) is 5.91 Å². The fourth-order valence-electron chi connectivity index (χ4n) is 1.62. The molecule has 5 nitrogen and oxygen atoms in total. The number of nitrogens with zero attached hydrogens (tertiary/aromatic N) is 1. The van der Waals surface area contributed by atoms with Crippen LogP contribution in [-0.4, -0.2) is 47.6 Å². The van der Waals surface area contributed by atoms with Crippen LogP contribution < -0.4 is 5.32 Å². The third kappa shape index (κ3) is 3.33. The topological polar surface area (TPSA) is 69.6 Å². The van der Waals surface area contributed by atoms with E-state index in [1.165, 1.54) is 0 Å². The van der Waals surface area contributed by atoms with Crippen LogP contribution in [0.15, 0.2) is 0 Å². The molecule has 14 heavy (non-hydrogen) atoms. The summed E-state index contributed by atoms with van der Waals surface area (Å²) in [6.07, 6.45) is 1.38. The van der Waals surface area contributed by atoms with Gasteiger partial charge in [-0.25, -0.2) is 0 Å². The molecule has 80 valence electrons. The summed E-state index contributed by atoms with van der Waals surface area (Å²) in [5, 5.41) is 11.4. The number of carbonyl (C=O) groups excluding carboxylic acids is 1. The fraction of sp³-hybridized carbons (Fsp3) is 0.778. The molecule has 1 fully saturated rings. The molecule has 1 rings (SSSR count). The predicted octanol–water partition coefficient (Wildman–Crippen LogP) is -0.328. The lowest BCUT2D eigenvalue weighted by molar-refractivity contribution is -0.138. The van der Waals surface area contributed by atoms with Gasteiger partial charge in [0, 0.05) is 19.0 Å². The van der Waals surface area contributed by atoms with Crippen LogP contribution in [-0.2, 0) is 9.59 Å². The average Bonchev–Trinajstić information content (AvgIpc) is 2.49. The van der Waals surface area contributed by atoms with Gasteiger partial charge in [-0.2, -0.15) is 0 Å². The Bertz CT molecular complexity index is 230. The molecule has 1 heterocycles. The lowest BCUT2D eigenvalue weighted by Gasteiger charge is -2.21. The van der Waals surface area contributed by atoms with E-state index in [0.29, 0.717) is 19.5 Å². The van der Waals surface area contributed by atoms with Crippen LogP contribution in [0, 0.1) is 0 Å². The van der Waals surface area contributed by atoms with Crippen LogP contribution >= 0.6 is 0 Å². The summed E-state index contributed by atoms with van der Waals surface area (Å²) in [6, 6.07) is 0.127. The van der Waals surface area contributed by atoms with E-state index in [1.54, 1.807) is 0 Å². The monoisotopic (exact) mass is 200 g/mol. The normalized spacial score (nSPS) is 21.3. The Kier molecular flexibility index (Phi) is 3.88. The highest BCUT2D eigenvalue weighted by Crippen LogP contribution is 2.07. The van der Waals surface area contributed by atoms with Crippen molar-refractivity contribution in [2.45, 2.75) is 25.8 Å². The van der Waals surface area contributed by atoms with Gasteiger partial charge in [0.05, 0.1) is 6.54 Å². The highest BCUT2D eigenvalue weighted by atomic mass is 16.4. The quantitative estimate of drug-likeness (QED) is 0.637. The van der Waals surface area contributed by atoms with E-state index in [-0.39, 0.29) is 18.5 Å². The molecule has 1 amide bonds. The van der Waals surface area contributed by atoms with E-state index in [1.807, 2.05) is 11.8 Å². The van der Waals surface area contributed by atoms with E-state index in [2.05, 4.69) is 5.32 Å². The third-order valence-corrected chi connectivity index (χ3v) is 2.37. The van der Waals surface area contributed by atoms with Gasteiger partial charge in [0.1, 0.15) is 0 Å². The molecule has 2 N–H and O–H groups in total. The number of carbonyl (C=O) groups is 2. The van der Waals surface area contributed by atoms with Crippen molar-refractivity contribution in [2.75, 3.05) is 19.6 Å². The molecule has 0 aliphatic carbocycles. The summed E-state index contributed by atoms with van der Waals surface area (Å²) in [6.45, 7) is 3.29. The van der Waals surface area contributed by atoms with Gasteiger partial charge in [0.25, 0.3) is 0 Å². The Labute approximate surface area is 83.1 Å². The Morgan fingerprint density at radius 2 is 2.43 bits per heavy atom. The largest absolute Gasteiger partial charge is 0.480 e.